The highest BCUT2D eigenvalue weighted by Crippen LogP contribution is 2.33. The quantitative estimate of drug-likeness (QED) is 0.826. The molecule has 0 aromatic heterocycles. The van der Waals surface area contributed by atoms with Gasteiger partial charge in [0.15, 0.2) is 0 Å². The Morgan fingerprint density at radius 3 is 2.56 bits per heavy atom. The van der Waals surface area contributed by atoms with Crippen molar-refractivity contribution in [3.05, 3.63) is 29.8 Å². The topological polar surface area (TPSA) is 23.5 Å². The lowest BCUT2D eigenvalue weighted by Crippen LogP contribution is -2.27. The molecular formula is C14H21NO. The Hall–Kier alpha value is -1.02. The molecule has 1 heterocycles. The van der Waals surface area contributed by atoms with Gasteiger partial charge in [-0.3, -0.25) is 0 Å². The third kappa shape index (κ3) is 2.07. The van der Waals surface area contributed by atoms with Crippen molar-refractivity contribution in [2.24, 2.45) is 5.92 Å². The van der Waals surface area contributed by atoms with Gasteiger partial charge in [0.05, 0.1) is 6.10 Å². The Balaban J connectivity index is 2.33. The fraction of sp³-hybridized carbons (Fsp3) is 0.571. The molecular weight excluding hydrogens is 198 g/mol. The second-order valence-corrected chi connectivity index (χ2v) is 5.08. The summed E-state index contributed by atoms with van der Waals surface area (Å²) in [5.41, 5.74) is 2.25. The van der Waals surface area contributed by atoms with Gasteiger partial charge in [0.25, 0.3) is 0 Å². The molecule has 88 valence electrons. The SMILES string of the molecule is CC1CC(C)N(c2ccccc2[C@H](C)O)C1. The second-order valence-electron chi connectivity index (χ2n) is 5.08. The lowest BCUT2D eigenvalue weighted by atomic mass is 10.1. The molecule has 1 aromatic rings. The van der Waals surface area contributed by atoms with Crippen molar-refractivity contribution in [3.8, 4) is 0 Å². The summed E-state index contributed by atoms with van der Waals surface area (Å²) in [6, 6.07) is 8.77. The molecule has 2 heteroatoms. The molecule has 1 fully saturated rings. The van der Waals surface area contributed by atoms with Crippen molar-refractivity contribution in [3.63, 3.8) is 0 Å². The van der Waals surface area contributed by atoms with Crippen LogP contribution in [-0.2, 0) is 0 Å². The van der Waals surface area contributed by atoms with E-state index in [1.54, 1.807) is 0 Å². The summed E-state index contributed by atoms with van der Waals surface area (Å²) in [7, 11) is 0. The van der Waals surface area contributed by atoms with E-state index >= 15 is 0 Å². The van der Waals surface area contributed by atoms with Gasteiger partial charge in [-0.1, -0.05) is 25.1 Å². The van der Waals surface area contributed by atoms with Gasteiger partial charge in [0.1, 0.15) is 0 Å². The van der Waals surface area contributed by atoms with E-state index in [-0.39, 0.29) is 6.10 Å². The number of para-hydroxylation sites is 1. The average Bonchev–Trinajstić information content (AvgIpc) is 2.57. The van der Waals surface area contributed by atoms with Crippen molar-refractivity contribution in [2.75, 3.05) is 11.4 Å². The average molecular weight is 219 g/mol. The zero-order valence-corrected chi connectivity index (χ0v) is 10.4. The van der Waals surface area contributed by atoms with Gasteiger partial charge in [-0.05, 0) is 32.3 Å². The predicted octanol–water partition coefficient (Wildman–Crippen LogP) is 2.97. The van der Waals surface area contributed by atoms with Crippen LogP contribution in [0.5, 0.6) is 0 Å². The molecule has 1 N–H and O–H groups in total. The second kappa shape index (κ2) is 4.46. The Bertz CT molecular complexity index is 362. The Morgan fingerprint density at radius 1 is 1.31 bits per heavy atom. The minimum atomic E-state index is -0.390. The molecule has 1 saturated heterocycles. The highest BCUT2D eigenvalue weighted by atomic mass is 16.3. The van der Waals surface area contributed by atoms with Crippen LogP contribution >= 0.6 is 0 Å². The highest BCUT2D eigenvalue weighted by Gasteiger charge is 2.27. The third-order valence-corrected chi connectivity index (χ3v) is 3.48. The van der Waals surface area contributed by atoms with E-state index in [4.69, 9.17) is 0 Å². The first-order chi connectivity index (χ1) is 7.59. The van der Waals surface area contributed by atoms with Crippen LogP contribution in [0.2, 0.25) is 0 Å². The Morgan fingerprint density at radius 2 is 2.00 bits per heavy atom. The molecule has 0 amide bonds. The largest absolute Gasteiger partial charge is 0.389 e. The van der Waals surface area contributed by atoms with Crippen molar-refractivity contribution >= 4 is 5.69 Å². The number of rotatable bonds is 2. The highest BCUT2D eigenvalue weighted by molar-refractivity contribution is 5.56. The summed E-state index contributed by atoms with van der Waals surface area (Å²) < 4.78 is 0. The van der Waals surface area contributed by atoms with Crippen LogP contribution in [0.3, 0.4) is 0 Å². The summed E-state index contributed by atoms with van der Waals surface area (Å²) in [6.45, 7) is 7.50. The summed E-state index contributed by atoms with van der Waals surface area (Å²) >= 11 is 0. The van der Waals surface area contributed by atoms with Gasteiger partial charge in [0, 0.05) is 23.8 Å². The normalized spacial score (nSPS) is 27.1. The van der Waals surface area contributed by atoms with Crippen LogP contribution in [0, 0.1) is 5.92 Å². The smallest absolute Gasteiger partial charge is 0.0781 e. The van der Waals surface area contributed by atoms with Gasteiger partial charge in [0.2, 0.25) is 0 Å². The summed E-state index contributed by atoms with van der Waals surface area (Å²) in [5, 5.41) is 9.79. The standard InChI is InChI=1S/C14H21NO/c1-10-8-11(2)15(9-10)14-7-5-4-6-13(14)12(3)16/h4-7,10-12,16H,8-9H2,1-3H3/t10?,11?,12-/m0/s1. The molecule has 1 aliphatic heterocycles. The van der Waals surface area contributed by atoms with Crippen LogP contribution in [0.4, 0.5) is 5.69 Å². The number of nitrogens with zero attached hydrogens (tertiary/aromatic N) is 1. The van der Waals surface area contributed by atoms with Crippen LogP contribution in [0.1, 0.15) is 38.9 Å². The Labute approximate surface area is 97.9 Å². The van der Waals surface area contributed by atoms with Crippen molar-refractivity contribution in [2.45, 2.75) is 39.3 Å². The molecule has 1 aliphatic rings. The first kappa shape index (κ1) is 11.5. The van der Waals surface area contributed by atoms with Gasteiger partial charge in [-0.15, -0.1) is 0 Å². The van der Waals surface area contributed by atoms with Gasteiger partial charge >= 0.3 is 0 Å². The van der Waals surface area contributed by atoms with E-state index in [2.05, 4.69) is 30.9 Å². The van der Waals surface area contributed by atoms with E-state index in [0.717, 1.165) is 18.0 Å². The van der Waals surface area contributed by atoms with Crippen molar-refractivity contribution in [1.82, 2.24) is 0 Å². The minimum absolute atomic E-state index is 0.390. The summed E-state index contributed by atoms with van der Waals surface area (Å²) in [4.78, 5) is 2.42. The lowest BCUT2D eigenvalue weighted by molar-refractivity contribution is 0.199. The number of hydrogen-bond donors (Lipinski definition) is 1. The number of anilines is 1. The van der Waals surface area contributed by atoms with Crippen molar-refractivity contribution in [1.29, 1.82) is 0 Å². The lowest BCUT2D eigenvalue weighted by Gasteiger charge is -2.27. The molecule has 0 radical (unpaired) electrons. The van der Waals surface area contributed by atoms with Gasteiger partial charge in [-0.25, -0.2) is 0 Å². The molecule has 2 nitrogen and oxygen atoms in total. The molecule has 2 unspecified atom stereocenters. The molecule has 0 spiro atoms. The van der Waals surface area contributed by atoms with E-state index in [1.807, 2.05) is 19.1 Å². The fourth-order valence-corrected chi connectivity index (χ4v) is 2.74. The zero-order valence-electron chi connectivity index (χ0n) is 10.4. The van der Waals surface area contributed by atoms with Crippen LogP contribution in [-0.4, -0.2) is 17.7 Å². The maximum atomic E-state index is 9.79. The molecule has 2 rings (SSSR count). The molecule has 0 aliphatic carbocycles. The van der Waals surface area contributed by atoms with E-state index in [9.17, 15) is 5.11 Å². The number of hydrogen-bond acceptors (Lipinski definition) is 2. The van der Waals surface area contributed by atoms with E-state index in [1.165, 1.54) is 12.1 Å². The minimum Gasteiger partial charge on any atom is -0.389 e. The number of benzene rings is 1. The first-order valence-corrected chi connectivity index (χ1v) is 6.13. The predicted molar refractivity (Wildman–Crippen MR) is 67.7 cm³/mol. The summed E-state index contributed by atoms with van der Waals surface area (Å²) in [5.74, 6) is 0.747. The molecule has 1 aromatic carbocycles. The molecule has 0 bridgehead atoms. The van der Waals surface area contributed by atoms with Crippen LogP contribution < -0.4 is 4.90 Å². The van der Waals surface area contributed by atoms with Gasteiger partial charge in [-0.2, -0.15) is 0 Å². The van der Waals surface area contributed by atoms with E-state index < -0.39 is 0 Å². The van der Waals surface area contributed by atoms with Crippen LogP contribution in [0.25, 0.3) is 0 Å². The molecule has 0 saturated carbocycles. The third-order valence-electron chi connectivity index (χ3n) is 3.48. The monoisotopic (exact) mass is 219 g/mol. The zero-order chi connectivity index (χ0) is 11.7. The van der Waals surface area contributed by atoms with Crippen molar-refractivity contribution < 1.29 is 5.11 Å². The fourth-order valence-electron chi connectivity index (χ4n) is 2.74. The first-order valence-electron chi connectivity index (χ1n) is 6.13. The summed E-state index contributed by atoms with van der Waals surface area (Å²) in [6.07, 6.45) is 0.855. The Kier molecular flexibility index (Phi) is 3.20. The van der Waals surface area contributed by atoms with Crippen LogP contribution in [0.15, 0.2) is 24.3 Å². The number of aliphatic hydroxyl groups excluding tert-OH is 1. The molecule has 3 atom stereocenters. The number of aliphatic hydroxyl groups is 1. The molecule has 16 heavy (non-hydrogen) atoms. The van der Waals surface area contributed by atoms with E-state index in [0.29, 0.717) is 6.04 Å². The van der Waals surface area contributed by atoms with Gasteiger partial charge < -0.3 is 10.0 Å². The maximum absolute atomic E-state index is 9.79. The maximum Gasteiger partial charge on any atom is 0.0781 e.